The SMILES string of the molecule is COC(=O)[C@H](CC1=C(O)Nc2ccccc2N1)/C(=N/NC(N)=O)C(=O)Nc1ccccc1C. The molecule has 0 radical (unpaired) electrons. The van der Waals surface area contributed by atoms with Crippen LogP contribution < -0.4 is 27.1 Å². The summed E-state index contributed by atoms with van der Waals surface area (Å²) in [5, 5.41) is 22.8. The van der Waals surface area contributed by atoms with E-state index in [1.807, 2.05) is 5.43 Å². The number of amides is 3. The van der Waals surface area contributed by atoms with Crippen molar-refractivity contribution in [3.05, 3.63) is 65.7 Å². The summed E-state index contributed by atoms with van der Waals surface area (Å²) in [4.78, 5) is 37.0. The molecule has 7 N–H and O–H groups in total. The van der Waals surface area contributed by atoms with E-state index in [4.69, 9.17) is 10.5 Å². The maximum Gasteiger partial charge on any atom is 0.332 e. The first-order valence-corrected chi connectivity index (χ1v) is 9.93. The van der Waals surface area contributed by atoms with Gasteiger partial charge in [-0.3, -0.25) is 9.59 Å². The minimum Gasteiger partial charge on any atom is -0.493 e. The molecule has 0 saturated carbocycles. The molecule has 11 nitrogen and oxygen atoms in total. The normalized spacial score (nSPS) is 13.7. The molecule has 0 aliphatic carbocycles. The maximum atomic E-state index is 13.1. The smallest absolute Gasteiger partial charge is 0.332 e. The number of nitrogens with one attached hydrogen (secondary N) is 4. The van der Waals surface area contributed by atoms with Gasteiger partial charge in [0.15, 0.2) is 0 Å². The summed E-state index contributed by atoms with van der Waals surface area (Å²) >= 11 is 0. The molecule has 1 atom stereocenters. The van der Waals surface area contributed by atoms with E-state index in [9.17, 15) is 19.5 Å². The molecule has 3 rings (SSSR count). The lowest BCUT2D eigenvalue weighted by Gasteiger charge is -2.25. The average Bonchev–Trinajstić information content (AvgIpc) is 2.79. The van der Waals surface area contributed by atoms with Crippen molar-refractivity contribution < 1.29 is 24.2 Å². The number of aliphatic hydroxyl groups excluding tert-OH is 1. The Hall–Kier alpha value is -4.54. The van der Waals surface area contributed by atoms with Crippen LogP contribution in [0, 0.1) is 12.8 Å². The minimum absolute atomic E-state index is 0.194. The zero-order chi connectivity index (χ0) is 24.0. The second-order valence-electron chi connectivity index (χ2n) is 7.14. The Morgan fingerprint density at radius 1 is 1.09 bits per heavy atom. The molecule has 0 fully saturated rings. The number of urea groups is 1. The number of benzene rings is 2. The zero-order valence-corrected chi connectivity index (χ0v) is 18.0. The van der Waals surface area contributed by atoms with E-state index in [2.05, 4.69) is 21.1 Å². The summed E-state index contributed by atoms with van der Waals surface area (Å²) in [6.07, 6.45) is -0.194. The van der Waals surface area contributed by atoms with Crippen molar-refractivity contribution in [3.63, 3.8) is 0 Å². The number of aliphatic hydroxyl groups is 1. The van der Waals surface area contributed by atoms with Gasteiger partial charge in [-0.25, -0.2) is 10.2 Å². The summed E-state index contributed by atoms with van der Waals surface area (Å²) in [6, 6.07) is 13.1. The number of hydrogen-bond donors (Lipinski definition) is 6. The van der Waals surface area contributed by atoms with Crippen LogP contribution in [0.3, 0.4) is 0 Å². The molecular formula is C22H24N6O5. The Morgan fingerprint density at radius 3 is 2.36 bits per heavy atom. The highest BCUT2D eigenvalue weighted by Gasteiger charge is 2.34. The zero-order valence-electron chi connectivity index (χ0n) is 18.0. The average molecular weight is 452 g/mol. The highest BCUT2D eigenvalue weighted by Crippen LogP contribution is 2.31. The summed E-state index contributed by atoms with van der Waals surface area (Å²) in [5.41, 5.74) is 9.53. The second-order valence-corrected chi connectivity index (χ2v) is 7.14. The molecular weight excluding hydrogens is 428 g/mol. The molecule has 33 heavy (non-hydrogen) atoms. The third kappa shape index (κ3) is 5.58. The summed E-state index contributed by atoms with van der Waals surface area (Å²) < 4.78 is 4.87. The van der Waals surface area contributed by atoms with Crippen LogP contribution in [0.2, 0.25) is 0 Å². The van der Waals surface area contributed by atoms with Crippen molar-refractivity contribution >= 4 is 40.7 Å². The van der Waals surface area contributed by atoms with E-state index < -0.39 is 23.8 Å². The second kappa shape index (κ2) is 10.2. The molecule has 172 valence electrons. The van der Waals surface area contributed by atoms with Crippen LogP contribution in [-0.2, 0) is 14.3 Å². The highest BCUT2D eigenvalue weighted by atomic mass is 16.5. The van der Waals surface area contributed by atoms with Gasteiger partial charge in [-0.15, -0.1) is 0 Å². The monoisotopic (exact) mass is 452 g/mol. The van der Waals surface area contributed by atoms with Crippen LogP contribution >= 0.6 is 0 Å². The fourth-order valence-corrected chi connectivity index (χ4v) is 3.21. The van der Waals surface area contributed by atoms with E-state index in [0.29, 0.717) is 17.1 Å². The molecule has 0 spiro atoms. The molecule has 3 amide bonds. The third-order valence-electron chi connectivity index (χ3n) is 4.89. The van der Waals surface area contributed by atoms with E-state index in [-0.39, 0.29) is 23.7 Å². The Kier molecular flexibility index (Phi) is 7.13. The molecule has 1 aliphatic rings. The van der Waals surface area contributed by atoms with Crippen molar-refractivity contribution in [2.24, 2.45) is 16.8 Å². The van der Waals surface area contributed by atoms with Crippen LogP contribution in [-0.4, -0.2) is 35.8 Å². The van der Waals surface area contributed by atoms with Gasteiger partial charge in [-0.1, -0.05) is 30.3 Å². The van der Waals surface area contributed by atoms with Gasteiger partial charge in [0.05, 0.1) is 24.2 Å². The van der Waals surface area contributed by atoms with E-state index in [0.717, 1.165) is 12.7 Å². The predicted molar refractivity (Wildman–Crippen MR) is 123 cm³/mol. The molecule has 0 bridgehead atoms. The highest BCUT2D eigenvalue weighted by molar-refractivity contribution is 6.46. The van der Waals surface area contributed by atoms with Crippen molar-refractivity contribution in [2.45, 2.75) is 13.3 Å². The van der Waals surface area contributed by atoms with Crippen LogP contribution in [0.1, 0.15) is 12.0 Å². The van der Waals surface area contributed by atoms with Gasteiger partial charge in [0.2, 0.25) is 5.88 Å². The van der Waals surface area contributed by atoms with E-state index >= 15 is 0 Å². The Bertz CT molecular complexity index is 1140. The maximum absolute atomic E-state index is 13.1. The number of primary amides is 1. The minimum atomic E-state index is -1.29. The quantitative estimate of drug-likeness (QED) is 0.213. The molecule has 2 aromatic rings. The fourth-order valence-electron chi connectivity index (χ4n) is 3.21. The third-order valence-corrected chi connectivity index (χ3v) is 4.89. The molecule has 1 heterocycles. The number of carbonyl (C=O) groups is 3. The van der Waals surface area contributed by atoms with Crippen LogP contribution in [0.4, 0.5) is 21.9 Å². The van der Waals surface area contributed by atoms with Crippen LogP contribution in [0.15, 0.2) is 65.2 Å². The number of aryl methyl sites for hydroxylation is 1. The molecule has 0 saturated heterocycles. The number of hydrogen-bond acceptors (Lipinski definition) is 8. The summed E-state index contributed by atoms with van der Waals surface area (Å²) in [7, 11) is 1.16. The first-order valence-electron chi connectivity index (χ1n) is 9.93. The largest absolute Gasteiger partial charge is 0.493 e. The topological polar surface area (TPSA) is 167 Å². The lowest BCUT2D eigenvalue weighted by molar-refractivity contribution is -0.143. The molecule has 0 unspecified atom stereocenters. The van der Waals surface area contributed by atoms with Gasteiger partial charge in [-0.05, 0) is 30.7 Å². The Labute approximate surface area is 189 Å². The molecule has 11 heteroatoms. The molecule has 1 aliphatic heterocycles. The van der Waals surface area contributed by atoms with Crippen LogP contribution in [0.5, 0.6) is 0 Å². The standard InChI is InChI=1S/C22H24N6O5/c1-12-7-3-4-8-14(12)25-20(30)18(27-28-22(23)32)13(21(31)33-2)11-17-19(29)26-16-10-6-5-9-15(16)24-17/h3-10,13,24,26,29H,11H2,1-2H3,(H,25,30)(H3,23,28,32)/b27-18-/t13-/m1/s1. The number of rotatable bonds is 7. The number of hydrazone groups is 1. The number of methoxy groups -OCH3 is 1. The number of carbonyl (C=O) groups excluding carboxylic acids is 3. The van der Waals surface area contributed by atoms with E-state index in [1.165, 1.54) is 0 Å². The fraction of sp³-hybridized carbons (Fsp3) is 0.182. The van der Waals surface area contributed by atoms with Crippen LogP contribution in [0.25, 0.3) is 0 Å². The number of anilines is 3. The van der Waals surface area contributed by atoms with E-state index in [1.54, 1.807) is 55.5 Å². The van der Waals surface area contributed by atoms with Crippen molar-refractivity contribution in [1.29, 1.82) is 0 Å². The Morgan fingerprint density at radius 2 is 1.73 bits per heavy atom. The predicted octanol–water partition coefficient (Wildman–Crippen LogP) is 2.40. The Balaban J connectivity index is 1.94. The number of esters is 1. The number of nitrogens with zero attached hydrogens (tertiary/aromatic N) is 1. The van der Waals surface area contributed by atoms with Gasteiger partial charge in [-0.2, -0.15) is 5.10 Å². The van der Waals surface area contributed by atoms with Crippen molar-refractivity contribution in [2.75, 3.05) is 23.1 Å². The molecule has 0 aromatic heterocycles. The van der Waals surface area contributed by atoms with Gasteiger partial charge in [0.25, 0.3) is 5.91 Å². The van der Waals surface area contributed by atoms with Gasteiger partial charge in [0.1, 0.15) is 11.6 Å². The van der Waals surface area contributed by atoms with Gasteiger partial charge >= 0.3 is 12.0 Å². The molecule has 2 aromatic carbocycles. The van der Waals surface area contributed by atoms with Crippen molar-refractivity contribution in [3.8, 4) is 0 Å². The number of nitrogens with two attached hydrogens (primary N) is 1. The summed E-state index contributed by atoms with van der Waals surface area (Å²) in [6.45, 7) is 1.80. The van der Waals surface area contributed by atoms with Crippen molar-refractivity contribution in [1.82, 2.24) is 5.43 Å². The first kappa shape index (κ1) is 23.1. The number of ether oxygens (including phenoxy) is 1. The van der Waals surface area contributed by atoms with Gasteiger partial charge < -0.3 is 31.5 Å². The number of para-hydroxylation sites is 3. The summed E-state index contributed by atoms with van der Waals surface area (Å²) in [5.74, 6) is -3.08. The number of allylic oxidation sites excluding steroid dienone is 1. The van der Waals surface area contributed by atoms with Gasteiger partial charge in [0, 0.05) is 12.1 Å². The number of fused-ring (bicyclic) bond motifs is 1. The lowest BCUT2D eigenvalue weighted by Crippen LogP contribution is -2.39. The lowest BCUT2D eigenvalue weighted by atomic mass is 9.95. The first-order chi connectivity index (χ1) is 15.8.